The number of aromatic nitrogens is 1. The quantitative estimate of drug-likeness (QED) is 0.883. The molecule has 0 radical (unpaired) electrons. The van der Waals surface area contributed by atoms with Crippen molar-refractivity contribution in [1.82, 2.24) is 4.98 Å². The van der Waals surface area contributed by atoms with Crippen molar-refractivity contribution < 1.29 is 9.15 Å². The monoisotopic (exact) mass is 232 g/mol. The Morgan fingerprint density at radius 3 is 3.18 bits per heavy atom. The highest BCUT2D eigenvalue weighted by Crippen LogP contribution is 2.21. The van der Waals surface area contributed by atoms with Crippen molar-refractivity contribution in [2.24, 2.45) is 0 Å². The van der Waals surface area contributed by atoms with Crippen molar-refractivity contribution in [3.05, 3.63) is 24.1 Å². The van der Waals surface area contributed by atoms with Crippen molar-refractivity contribution in [1.29, 1.82) is 0 Å². The number of fused-ring (bicyclic) bond motifs is 1. The van der Waals surface area contributed by atoms with Crippen LogP contribution in [0.15, 0.2) is 22.6 Å². The lowest BCUT2D eigenvalue weighted by Crippen LogP contribution is -2.18. The number of benzene rings is 1. The lowest BCUT2D eigenvalue weighted by Gasteiger charge is -2.11. The molecule has 0 spiro atoms. The molecule has 2 heterocycles. The van der Waals surface area contributed by atoms with Crippen LogP contribution >= 0.6 is 0 Å². The molecule has 1 saturated heterocycles. The Labute approximate surface area is 100.0 Å². The van der Waals surface area contributed by atoms with Crippen LogP contribution in [0.25, 0.3) is 11.1 Å². The number of ether oxygens (including phenoxy) is 1. The van der Waals surface area contributed by atoms with Crippen LogP contribution < -0.4 is 5.32 Å². The number of nitrogens with one attached hydrogen (secondary N) is 1. The number of aryl methyl sites for hydroxylation is 1. The molecule has 1 unspecified atom stereocenters. The maximum absolute atomic E-state index is 5.58. The fourth-order valence-electron chi connectivity index (χ4n) is 2.10. The van der Waals surface area contributed by atoms with Crippen LogP contribution in [0.4, 0.5) is 5.69 Å². The minimum absolute atomic E-state index is 0.421. The van der Waals surface area contributed by atoms with Gasteiger partial charge in [0.2, 0.25) is 0 Å². The van der Waals surface area contributed by atoms with E-state index in [1.54, 1.807) is 0 Å². The highest BCUT2D eigenvalue weighted by Gasteiger charge is 2.15. The first kappa shape index (κ1) is 10.6. The summed E-state index contributed by atoms with van der Waals surface area (Å²) in [5.74, 6) is 0.793. The maximum atomic E-state index is 5.58. The smallest absolute Gasteiger partial charge is 0.195 e. The fraction of sp³-hybridized carbons (Fsp3) is 0.462. The van der Waals surface area contributed by atoms with Gasteiger partial charge in [0, 0.05) is 18.7 Å². The Kier molecular flexibility index (Phi) is 2.73. The topological polar surface area (TPSA) is 47.3 Å². The van der Waals surface area contributed by atoms with Crippen LogP contribution in [-0.4, -0.2) is 24.2 Å². The van der Waals surface area contributed by atoms with E-state index >= 15 is 0 Å². The Morgan fingerprint density at radius 2 is 2.41 bits per heavy atom. The molecule has 1 aromatic carbocycles. The molecule has 0 bridgehead atoms. The third-order valence-electron chi connectivity index (χ3n) is 3.03. The summed E-state index contributed by atoms with van der Waals surface area (Å²) in [7, 11) is 0. The van der Waals surface area contributed by atoms with Gasteiger partial charge in [0.15, 0.2) is 11.5 Å². The minimum atomic E-state index is 0.421. The molecule has 1 fully saturated rings. The molecule has 90 valence electrons. The summed E-state index contributed by atoms with van der Waals surface area (Å²) >= 11 is 0. The largest absolute Gasteiger partial charge is 0.441 e. The third-order valence-corrected chi connectivity index (χ3v) is 3.03. The van der Waals surface area contributed by atoms with E-state index in [0.29, 0.717) is 6.04 Å². The van der Waals surface area contributed by atoms with Crippen LogP contribution in [0.1, 0.15) is 19.2 Å². The molecule has 0 saturated carbocycles. The predicted molar refractivity (Wildman–Crippen MR) is 66.2 cm³/mol. The van der Waals surface area contributed by atoms with Gasteiger partial charge in [0.25, 0.3) is 0 Å². The molecule has 4 nitrogen and oxygen atoms in total. The zero-order chi connectivity index (χ0) is 11.7. The normalized spacial score (nSPS) is 19.9. The molecule has 1 aliphatic heterocycles. The molecule has 1 atom stereocenters. The van der Waals surface area contributed by atoms with Gasteiger partial charge in [-0.15, -0.1) is 0 Å². The first-order valence-corrected chi connectivity index (χ1v) is 6.09. The molecule has 1 N–H and O–H groups in total. The number of nitrogens with zero attached hydrogens (tertiary/aromatic N) is 1. The van der Waals surface area contributed by atoms with Gasteiger partial charge < -0.3 is 14.5 Å². The summed E-state index contributed by atoms with van der Waals surface area (Å²) in [6.45, 7) is 3.68. The number of rotatable bonds is 3. The van der Waals surface area contributed by atoms with Crippen molar-refractivity contribution in [3.8, 4) is 0 Å². The van der Waals surface area contributed by atoms with Gasteiger partial charge in [-0.05, 0) is 24.6 Å². The van der Waals surface area contributed by atoms with E-state index in [9.17, 15) is 0 Å². The molecule has 0 amide bonds. The summed E-state index contributed by atoms with van der Waals surface area (Å²) in [5.41, 5.74) is 2.87. The molecule has 1 aliphatic rings. The fourth-order valence-corrected chi connectivity index (χ4v) is 2.10. The highest BCUT2D eigenvalue weighted by molar-refractivity contribution is 5.77. The van der Waals surface area contributed by atoms with Crippen LogP contribution in [0.2, 0.25) is 0 Å². The number of hydrogen-bond donors (Lipinski definition) is 1. The maximum Gasteiger partial charge on any atom is 0.195 e. The Morgan fingerprint density at radius 1 is 1.47 bits per heavy atom. The van der Waals surface area contributed by atoms with Gasteiger partial charge in [0.1, 0.15) is 5.52 Å². The molecule has 17 heavy (non-hydrogen) atoms. The highest BCUT2D eigenvalue weighted by atomic mass is 16.5. The minimum Gasteiger partial charge on any atom is -0.441 e. The van der Waals surface area contributed by atoms with Gasteiger partial charge in [0.05, 0.1) is 12.6 Å². The molecule has 3 rings (SSSR count). The Hall–Kier alpha value is -1.55. The standard InChI is InChI=1S/C13H16N2O2/c1-2-13-15-11-7-9(3-4-12(11)17-13)14-10-5-6-16-8-10/h3-4,7,10,14H,2,5-6,8H2,1H3. The molecular weight excluding hydrogens is 216 g/mol. The van der Waals surface area contributed by atoms with Crippen LogP contribution in [0.5, 0.6) is 0 Å². The van der Waals surface area contributed by atoms with E-state index in [2.05, 4.69) is 10.3 Å². The van der Waals surface area contributed by atoms with Gasteiger partial charge in [-0.3, -0.25) is 0 Å². The van der Waals surface area contributed by atoms with E-state index in [1.807, 2.05) is 25.1 Å². The zero-order valence-corrected chi connectivity index (χ0v) is 9.90. The summed E-state index contributed by atoms with van der Waals surface area (Å²) < 4.78 is 10.9. The van der Waals surface area contributed by atoms with Crippen molar-refractivity contribution in [2.45, 2.75) is 25.8 Å². The lowest BCUT2D eigenvalue weighted by atomic mass is 10.2. The van der Waals surface area contributed by atoms with Gasteiger partial charge in [-0.2, -0.15) is 0 Å². The van der Waals surface area contributed by atoms with Crippen LogP contribution in [0, 0.1) is 0 Å². The van der Waals surface area contributed by atoms with Crippen molar-refractivity contribution in [3.63, 3.8) is 0 Å². The molecular formula is C13H16N2O2. The zero-order valence-electron chi connectivity index (χ0n) is 9.90. The predicted octanol–water partition coefficient (Wildman–Crippen LogP) is 2.59. The molecule has 4 heteroatoms. The van der Waals surface area contributed by atoms with E-state index in [-0.39, 0.29) is 0 Å². The second-order valence-electron chi connectivity index (χ2n) is 4.35. The number of anilines is 1. The second kappa shape index (κ2) is 4.37. The van der Waals surface area contributed by atoms with Gasteiger partial charge in [-0.1, -0.05) is 6.92 Å². The van der Waals surface area contributed by atoms with E-state index in [0.717, 1.165) is 48.7 Å². The summed E-state index contributed by atoms with van der Waals surface area (Å²) in [5, 5.41) is 3.45. The van der Waals surface area contributed by atoms with Gasteiger partial charge in [-0.25, -0.2) is 4.98 Å². The third kappa shape index (κ3) is 2.13. The average molecular weight is 232 g/mol. The first-order chi connectivity index (χ1) is 8.35. The van der Waals surface area contributed by atoms with Crippen molar-refractivity contribution >= 4 is 16.8 Å². The molecule has 2 aromatic rings. The van der Waals surface area contributed by atoms with Crippen molar-refractivity contribution in [2.75, 3.05) is 18.5 Å². The summed E-state index contributed by atoms with van der Waals surface area (Å²) in [6, 6.07) is 6.46. The summed E-state index contributed by atoms with van der Waals surface area (Å²) in [4.78, 5) is 4.43. The van der Waals surface area contributed by atoms with Crippen LogP contribution in [-0.2, 0) is 11.2 Å². The first-order valence-electron chi connectivity index (χ1n) is 6.09. The number of hydrogen-bond acceptors (Lipinski definition) is 4. The van der Waals surface area contributed by atoms with Gasteiger partial charge >= 0.3 is 0 Å². The Bertz CT molecular complexity index is 515. The number of oxazole rings is 1. The van der Waals surface area contributed by atoms with E-state index in [1.165, 1.54) is 0 Å². The second-order valence-corrected chi connectivity index (χ2v) is 4.35. The summed E-state index contributed by atoms with van der Waals surface area (Å²) in [6.07, 6.45) is 1.89. The van der Waals surface area contributed by atoms with Crippen LogP contribution in [0.3, 0.4) is 0 Å². The molecule has 0 aliphatic carbocycles. The molecule has 1 aromatic heterocycles. The Balaban J connectivity index is 1.84. The van der Waals surface area contributed by atoms with E-state index in [4.69, 9.17) is 9.15 Å². The van der Waals surface area contributed by atoms with E-state index < -0.39 is 0 Å². The SMILES string of the molecule is CCc1nc2cc(NC3CCOC3)ccc2o1. The lowest BCUT2D eigenvalue weighted by molar-refractivity contribution is 0.195. The average Bonchev–Trinajstić information content (AvgIpc) is 2.96.